The van der Waals surface area contributed by atoms with E-state index in [0.29, 0.717) is 12.8 Å². The second-order valence-corrected chi connectivity index (χ2v) is 13.6. The molecule has 0 saturated carbocycles. The first-order valence-electron chi connectivity index (χ1n) is 18.3. The quantitative estimate of drug-likeness (QED) is 0.0617. The molecule has 0 unspecified atom stereocenters. The Morgan fingerprint density at radius 2 is 0.786 bits per heavy atom. The topological polar surface area (TPSA) is 72.8 Å². The highest BCUT2D eigenvalue weighted by molar-refractivity contribution is 5.70. The van der Waals surface area contributed by atoms with Crippen LogP contribution in [0.5, 0.6) is 0 Å². The number of hydrogen-bond acceptors (Lipinski definition) is 5. The van der Waals surface area contributed by atoms with Gasteiger partial charge in [-0.3, -0.25) is 9.59 Å². The van der Waals surface area contributed by atoms with Gasteiger partial charge in [0.2, 0.25) is 0 Å². The third-order valence-corrected chi connectivity index (χ3v) is 8.26. The van der Waals surface area contributed by atoms with Crippen LogP contribution in [-0.2, 0) is 19.1 Å². The molecule has 0 aliphatic heterocycles. The van der Waals surface area contributed by atoms with Crippen LogP contribution in [0.3, 0.4) is 0 Å². The van der Waals surface area contributed by atoms with Gasteiger partial charge in [-0.05, 0) is 24.7 Å². The van der Waals surface area contributed by atoms with Crippen LogP contribution in [0.25, 0.3) is 0 Å². The van der Waals surface area contributed by atoms with Gasteiger partial charge in [-0.1, -0.05) is 169 Å². The Labute approximate surface area is 261 Å². The molecule has 0 saturated heterocycles. The fourth-order valence-corrected chi connectivity index (χ4v) is 5.45. The number of carbonyl (C=O) groups is 2. The summed E-state index contributed by atoms with van der Waals surface area (Å²) >= 11 is 0. The zero-order chi connectivity index (χ0) is 31.1. The molecule has 0 amide bonds. The Bertz CT molecular complexity index is 589. The van der Waals surface area contributed by atoms with Crippen LogP contribution >= 0.6 is 0 Å². The molecule has 0 fully saturated rings. The van der Waals surface area contributed by atoms with Crippen molar-refractivity contribution in [3.05, 3.63) is 0 Å². The molecule has 0 bridgehead atoms. The maximum atomic E-state index is 12.1. The lowest BCUT2D eigenvalue weighted by Crippen LogP contribution is -2.28. The maximum Gasteiger partial charge on any atom is 0.306 e. The van der Waals surface area contributed by atoms with E-state index in [0.717, 1.165) is 50.4 Å². The van der Waals surface area contributed by atoms with Crippen LogP contribution in [0.1, 0.15) is 195 Å². The van der Waals surface area contributed by atoms with E-state index in [9.17, 15) is 14.7 Å². The summed E-state index contributed by atoms with van der Waals surface area (Å²) in [6.45, 7) is 8.82. The number of carbonyl (C=O) groups excluding carboxylic acids is 2. The first-order chi connectivity index (χ1) is 20.3. The average molecular weight is 597 g/mol. The van der Waals surface area contributed by atoms with Crippen molar-refractivity contribution in [2.45, 2.75) is 201 Å². The van der Waals surface area contributed by atoms with E-state index in [1.54, 1.807) is 0 Å². The standard InChI is InChI=1S/C37H72O5/c1-33(2)27-23-19-15-11-7-5-9-13-17-21-25-29-36(39)41-32-35(31-38)42-37(40)30-26-22-18-14-10-6-8-12-16-20-24-28-34(3)4/h33-35,38H,5-32H2,1-4H3/t35-/m0/s1. The number of hydrogen-bond donors (Lipinski definition) is 1. The molecule has 0 aliphatic rings. The summed E-state index contributed by atoms with van der Waals surface area (Å²) in [7, 11) is 0. The second-order valence-electron chi connectivity index (χ2n) is 13.6. The molecule has 0 spiro atoms. The van der Waals surface area contributed by atoms with Crippen molar-refractivity contribution >= 4 is 11.9 Å². The lowest BCUT2D eigenvalue weighted by atomic mass is 10.0. The van der Waals surface area contributed by atoms with E-state index in [1.807, 2.05) is 0 Å². The predicted octanol–water partition coefficient (Wildman–Crippen LogP) is 10.9. The monoisotopic (exact) mass is 597 g/mol. The summed E-state index contributed by atoms with van der Waals surface area (Å²) in [5.41, 5.74) is 0. The largest absolute Gasteiger partial charge is 0.462 e. The van der Waals surface area contributed by atoms with Crippen molar-refractivity contribution in [3.63, 3.8) is 0 Å². The SMILES string of the molecule is CC(C)CCCCCCCCCCCCCC(=O)OC[C@H](CO)OC(=O)CCCCCCCCCCCCCC(C)C. The average Bonchev–Trinajstić information content (AvgIpc) is 2.95. The summed E-state index contributed by atoms with van der Waals surface area (Å²) in [5, 5.41) is 9.52. The molecule has 5 nitrogen and oxygen atoms in total. The summed E-state index contributed by atoms with van der Waals surface area (Å²) in [6.07, 6.45) is 30.2. The van der Waals surface area contributed by atoms with Gasteiger partial charge in [0.15, 0.2) is 6.10 Å². The van der Waals surface area contributed by atoms with Crippen LogP contribution in [0, 0.1) is 11.8 Å². The Balaban J connectivity index is 3.53. The lowest BCUT2D eigenvalue weighted by molar-refractivity contribution is -0.161. The number of rotatable bonds is 32. The molecule has 1 atom stereocenters. The van der Waals surface area contributed by atoms with Crippen LogP contribution in [0.2, 0.25) is 0 Å². The first kappa shape index (κ1) is 40.9. The summed E-state index contributed by atoms with van der Waals surface area (Å²) in [6, 6.07) is 0. The minimum atomic E-state index is -0.762. The molecule has 42 heavy (non-hydrogen) atoms. The summed E-state index contributed by atoms with van der Waals surface area (Å²) in [4.78, 5) is 24.2. The van der Waals surface area contributed by atoms with E-state index in [4.69, 9.17) is 9.47 Å². The Kier molecular flexibility index (Phi) is 30.5. The van der Waals surface area contributed by atoms with Crippen molar-refractivity contribution in [3.8, 4) is 0 Å². The van der Waals surface area contributed by atoms with E-state index in [1.165, 1.54) is 116 Å². The Morgan fingerprint density at radius 1 is 0.476 bits per heavy atom. The highest BCUT2D eigenvalue weighted by Crippen LogP contribution is 2.16. The molecule has 0 radical (unpaired) electrons. The van der Waals surface area contributed by atoms with Crippen molar-refractivity contribution in [2.24, 2.45) is 11.8 Å². The zero-order valence-electron chi connectivity index (χ0n) is 28.6. The molecule has 5 heteroatoms. The second kappa shape index (κ2) is 31.3. The molecule has 0 aromatic carbocycles. The van der Waals surface area contributed by atoms with Gasteiger partial charge in [-0.15, -0.1) is 0 Å². The molecule has 0 rings (SSSR count). The lowest BCUT2D eigenvalue weighted by Gasteiger charge is -2.15. The minimum absolute atomic E-state index is 0.0593. The molecular weight excluding hydrogens is 524 g/mol. The summed E-state index contributed by atoms with van der Waals surface area (Å²) < 4.78 is 10.6. The van der Waals surface area contributed by atoms with Crippen molar-refractivity contribution in [2.75, 3.05) is 13.2 Å². The fourth-order valence-electron chi connectivity index (χ4n) is 5.45. The molecule has 0 aromatic rings. The zero-order valence-corrected chi connectivity index (χ0v) is 28.6. The van der Waals surface area contributed by atoms with Gasteiger partial charge in [-0.2, -0.15) is 0 Å². The van der Waals surface area contributed by atoms with E-state index in [-0.39, 0.29) is 25.2 Å². The minimum Gasteiger partial charge on any atom is -0.462 e. The van der Waals surface area contributed by atoms with Crippen LogP contribution in [0.15, 0.2) is 0 Å². The molecule has 0 aromatic heterocycles. The van der Waals surface area contributed by atoms with Crippen LogP contribution in [-0.4, -0.2) is 36.4 Å². The Morgan fingerprint density at radius 3 is 1.12 bits per heavy atom. The smallest absolute Gasteiger partial charge is 0.306 e. The van der Waals surface area contributed by atoms with Crippen LogP contribution < -0.4 is 0 Å². The van der Waals surface area contributed by atoms with E-state index >= 15 is 0 Å². The predicted molar refractivity (Wildman–Crippen MR) is 178 cm³/mol. The number of esters is 2. The first-order valence-corrected chi connectivity index (χ1v) is 18.3. The number of ether oxygens (including phenoxy) is 2. The summed E-state index contributed by atoms with van der Waals surface area (Å²) in [5.74, 6) is 1.09. The molecule has 0 heterocycles. The van der Waals surface area contributed by atoms with Gasteiger partial charge in [-0.25, -0.2) is 0 Å². The molecule has 250 valence electrons. The van der Waals surface area contributed by atoms with Gasteiger partial charge in [0.1, 0.15) is 6.61 Å². The normalized spacial score (nSPS) is 12.3. The maximum absolute atomic E-state index is 12.1. The van der Waals surface area contributed by atoms with E-state index in [2.05, 4.69) is 27.7 Å². The number of aliphatic hydroxyl groups excluding tert-OH is 1. The van der Waals surface area contributed by atoms with E-state index < -0.39 is 6.10 Å². The van der Waals surface area contributed by atoms with Gasteiger partial charge < -0.3 is 14.6 Å². The van der Waals surface area contributed by atoms with Crippen molar-refractivity contribution in [1.82, 2.24) is 0 Å². The number of unbranched alkanes of at least 4 members (excludes halogenated alkanes) is 20. The fraction of sp³-hybridized carbons (Fsp3) is 0.946. The van der Waals surface area contributed by atoms with Gasteiger partial charge >= 0.3 is 11.9 Å². The molecular formula is C37H72O5. The molecule has 0 aliphatic carbocycles. The van der Waals surface area contributed by atoms with Crippen LogP contribution in [0.4, 0.5) is 0 Å². The van der Waals surface area contributed by atoms with Crippen molar-refractivity contribution in [1.29, 1.82) is 0 Å². The Hall–Kier alpha value is -1.10. The molecule has 1 N–H and O–H groups in total. The van der Waals surface area contributed by atoms with Crippen molar-refractivity contribution < 1.29 is 24.2 Å². The highest BCUT2D eigenvalue weighted by Gasteiger charge is 2.16. The highest BCUT2D eigenvalue weighted by atomic mass is 16.6. The third-order valence-electron chi connectivity index (χ3n) is 8.26. The third kappa shape index (κ3) is 31.8. The van der Waals surface area contributed by atoms with Gasteiger partial charge in [0, 0.05) is 12.8 Å². The van der Waals surface area contributed by atoms with Gasteiger partial charge in [0.25, 0.3) is 0 Å². The number of aliphatic hydroxyl groups is 1. The van der Waals surface area contributed by atoms with Gasteiger partial charge in [0.05, 0.1) is 6.61 Å².